The van der Waals surface area contributed by atoms with Crippen molar-refractivity contribution in [3.05, 3.63) is 53.3 Å². The molecule has 0 spiro atoms. The highest BCUT2D eigenvalue weighted by molar-refractivity contribution is 7.90. The number of Topliss-reactive ketones (excluding diaryl/α,β-unsaturated/α-hetero) is 1. The summed E-state index contributed by atoms with van der Waals surface area (Å²) >= 11 is 6.24. The first-order valence-electron chi connectivity index (χ1n) is 17.3. The van der Waals surface area contributed by atoms with Gasteiger partial charge in [0.2, 0.25) is 5.88 Å². The van der Waals surface area contributed by atoms with Crippen LogP contribution in [0.1, 0.15) is 83.5 Å². The van der Waals surface area contributed by atoms with E-state index in [1.807, 2.05) is 39.3 Å². The first kappa shape index (κ1) is 40.7. The van der Waals surface area contributed by atoms with Crippen molar-refractivity contribution in [1.82, 2.24) is 29.4 Å². The number of nitrogens with zero attached hydrogens (tertiary/aromatic N) is 5. The first-order valence-corrected chi connectivity index (χ1v) is 19.2. The van der Waals surface area contributed by atoms with Crippen LogP contribution in [0.15, 0.2) is 47.6 Å². The maximum Gasteiger partial charge on any atom is 0.410 e. The van der Waals surface area contributed by atoms with E-state index in [0.717, 1.165) is 19.3 Å². The summed E-state index contributed by atoms with van der Waals surface area (Å²) in [6.07, 6.45) is -1.86. The molecule has 0 bridgehead atoms. The number of sulfonamides is 1. The molecule has 1 saturated carbocycles. The number of carbonyl (C=O) groups is 3. The van der Waals surface area contributed by atoms with Gasteiger partial charge in [-0.2, -0.15) is 21.6 Å². The van der Waals surface area contributed by atoms with Gasteiger partial charge in [0.25, 0.3) is 15.9 Å². The predicted octanol–water partition coefficient (Wildman–Crippen LogP) is 6.34. The fraction of sp³-hybridized carbons (Fsp3) is 0.543. The van der Waals surface area contributed by atoms with Gasteiger partial charge in [-0.1, -0.05) is 17.7 Å². The lowest BCUT2D eigenvalue weighted by Gasteiger charge is -2.33. The quantitative estimate of drug-likeness (QED) is 0.138. The third-order valence-electron chi connectivity index (χ3n) is 9.14. The van der Waals surface area contributed by atoms with Gasteiger partial charge in [0.15, 0.2) is 16.6 Å². The smallest absolute Gasteiger partial charge is 0.410 e. The van der Waals surface area contributed by atoms with E-state index in [9.17, 15) is 36.0 Å². The molecule has 4 heterocycles. The molecule has 3 aromatic heterocycles. The number of hydrogen-bond donors (Lipinski definition) is 2. The SMILES string of the molecule is CC(C)(C)OC(=O)N1C[C@@H](CCCNc2cccc(S(=O)(=O)NC(=O)c3ccc(-n4ccc(OCC(=O)CC5(C(F)(F)F)CC5)n4)nc3Cl)n2)CC1(C)C. The molecule has 19 heteroatoms. The predicted molar refractivity (Wildman–Crippen MR) is 191 cm³/mol. The second-order valence-electron chi connectivity index (χ2n) is 15.2. The fourth-order valence-electron chi connectivity index (χ4n) is 6.25. The normalized spacial score (nSPS) is 17.9. The van der Waals surface area contributed by atoms with Gasteiger partial charge in [0, 0.05) is 37.3 Å². The molecular weight excluding hydrogens is 755 g/mol. The zero-order valence-corrected chi connectivity index (χ0v) is 32.1. The molecule has 2 amide bonds. The molecule has 1 aliphatic carbocycles. The molecule has 5 rings (SSSR count). The van der Waals surface area contributed by atoms with Crippen LogP contribution in [0.3, 0.4) is 0 Å². The summed E-state index contributed by atoms with van der Waals surface area (Å²) in [6.45, 7) is 10.0. The lowest BCUT2D eigenvalue weighted by Crippen LogP contribution is -2.45. The minimum atomic E-state index is -4.45. The van der Waals surface area contributed by atoms with E-state index >= 15 is 0 Å². The highest BCUT2D eigenvalue weighted by Crippen LogP contribution is 2.60. The average Bonchev–Trinajstić information content (AvgIpc) is 3.58. The van der Waals surface area contributed by atoms with Crippen LogP contribution in [-0.4, -0.2) is 87.9 Å². The van der Waals surface area contributed by atoms with Crippen LogP contribution >= 0.6 is 11.6 Å². The van der Waals surface area contributed by atoms with Gasteiger partial charge in [0.05, 0.1) is 11.0 Å². The Kier molecular flexibility index (Phi) is 11.6. The van der Waals surface area contributed by atoms with E-state index in [4.69, 9.17) is 21.1 Å². The number of rotatable bonds is 14. The number of alkyl halides is 3. The molecule has 1 aliphatic heterocycles. The molecule has 0 aromatic carbocycles. The Bertz CT molecular complexity index is 2000. The van der Waals surface area contributed by atoms with Crippen molar-refractivity contribution in [3.63, 3.8) is 0 Å². The molecule has 2 fully saturated rings. The molecule has 54 heavy (non-hydrogen) atoms. The second kappa shape index (κ2) is 15.4. The maximum atomic E-state index is 13.2. The number of ether oxygens (including phenoxy) is 2. The number of likely N-dealkylation sites (tertiary alicyclic amines) is 1. The average molecular weight is 798 g/mol. The number of hydrogen-bond acceptors (Lipinski definition) is 11. The summed E-state index contributed by atoms with van der Waals surface area (Å²) in [7, 11) is -4.43. The number of aromatic nitrogens is 4. The molecule has 0 unspecified atom stereocenters. The third kappa shape index (κ3) is 9.99. The van der Waals surface area contributed by atoms with E-state index in [2.05, 4.69) is 20.4 Å². The van der Waals surface area contributed by atoms with Gasteiger partial charge in [-0.15, -0.1) is 5.10 Å². The van der Waals surface area contributed by atoms with Crippen molar-refractivity contribution in [2.24, 2.45) is 11.3 Å². The van der Waals surface area contributed by atoms with E-state index in [0.29, 0.717) is 13.1 Å². The summed E-state index contributed by atoms with van der Waals surface area (Å²) < 4.78 is 79.7. The monoisotopic (exact) mass is 797 g/mol. The van der Waals surface area contributed by atoms with Crippen molar-refractivity contribution < 1.29 is 45.4 Å². The summed E-state index contributed by atoms with van der Waals surface area (Å²) in [5.41, 5.74) is -3.15. The standard InChI is InChI=1S/C35H43ClF3N7O7S/c1-32(2,3)53-31(49)45-20-22(18-33(45,4)5)8-7-16-40-25-9-6-10-28(41-25)54(50,51)44-30(48)24-11-12-26(42-29(24)36)46-17-13-27(43-46)52-21-23(47)19-34(14-15-34)35(37,38)39/h6,9-13,17,22H,7-8,14-16,18-21H2,1-5H3,(H,40,41)(H,44,48)/t22-/m0/s1. The van der Waals surface area contributed by atoms with Crippen LogP contribution in [0.4, 0.5) is 23.8 Å². The molecular formula is C35H43ClF3N7O7S. The largest absolute Gasteiger partial charge is 0.469 e. The Labute approximate surface area is 316 Å². The third-order valence-corrected chi connectivity index (χ3v) is 10.7. The lowest BCUT2D eigenvalue weighted by atomic mass is 9.93. The van der Waals surface area contributed by atoms with Crippen molar-refractivity contribution >= 4 is 45.2 Å². The summed E-state index contributed by atoms with van der Waals surface area (Å²) in [5.74, 6) is -1.17. The van der Waals surface area contributed by atoms with Gasteiger partial charge >= 0.3 is 12.3 Å². The molecule has 3 aromatic rings. The summed E-state index contributed by atoms with van der Waals surface area (Å²) in [6, 6.07) is 8.25. The number of amides is 2. The van der Waals surface area contributed by atoms with Crippen LogP contribution in [0.5, 0.6) is 5.88 Å². The topological polar surface area (TPSA) is 175 Å². The van der Waals surface area contributed by atoms with Crippen LogP contribution < -0.4 is 14.8 Å². The minimum Gasteiger partial charge on any atom is -0.469 e. The van der Waals surface area contributed by atoms with E-state index in [1.165, 1.54) is 41.2 Å². The van der Waals surface area contributed by atoms with Crippen LogP contribution in [0.25, 0.3) is 5.82 Å². The van der Waals surface area contributed by atoms with Crippen molar-refractivity contribution in [2.75, 3.05) is 25.0 Å². The first-order chi connectivity index (χ1) is 25.1. The Balaban J connectivity index is 1.11. The number of anilines is 1. The molecule has 0 radical (unpaired) electrons. The number of carbonyl (C=O) groups excluding carboxylic acids is 3. The Morgan fingerprint density at radius 3 is 2.43 bits per heavy atom. The van der Waals surface area contributed by atoms with Crippen molar-refractivity contribution in [3.8, 4) is 11.7 Å². The van der Waals surface area contributed by atoms with E-state index in [-0.39, 0.29) is 58.6 Å². The van der Waals surface area contributed by atoms with Gasteiger partial charge in [-0.25, -0.2) is 24.2 Å². The Morgan fingerprint density at radius 1 is 1.06 bits per heavy atom. The molecule has 2 aliphatic rings. The van der Waals surface area contributed by atoms with Crippen LogP contribution in [-0.2, 0) is 19.6 Å². The number of ketones is 1. The van der Waals surface area contributed by atoms with E-state index < -0.39 is 57.0 Å². The zero-order valence-electron chi connectivity index (χ0n) is 30.5. The molecule has 294 valence electrons. The number of halogens is 4. The van der Waals surface area contributed by atoms with Crippen LogP contribution in [0, 0.1) is 11.3 Å². The molecule has 14 nitrogen and oxygen atoms in total. The number of nitrogens with one attached hydrogen (secondary N) is 2. The second-order valence-corrected chi connectivity index (χ2v) is 17.2. The molecule has 2 N–H and O–H groups in total. The minimum absolute atomic E-state index is 0.0558. The highest BCUT2D eigenvalue weighted by Gasteiger charge is 2.63. The van der Waals surface area contributed by atoms with Gasteiger partial charge in [-0.05, 0) is 96.9 Å². The molecule has 1 atom stereocenters. The van der Waals surface area contributed by atoms with Crippen LogP contribution in [0.2, 0.25) is 5.15 Å². The van der Waals surface area contributed by atoms with Gasteiger partial charge in [-0.3, -0.25) is 9.59 Å². The fourth-order valence-corrected chi connectivity index (χ4v) is 7.42. The van der Waals surface area contributed by atoms with Gasteiger partial charge in [0.1, 0.15) is 23.2 Å². The Morgan fingerprint density at radius 2 is 1.78 bits per heavy atom. The maximum absolute atomic E-state index is 13.2. The summed E-state index contributed by atoms with van der Waals surface area (Å²) in [4.78, 5) is 47.9. The molecule has 1 saturated heterocycles. The van der Waals surface area contributed by atoms with Crippen molar-refractivity contribution in [2.45, 2.75) is 95.5 Å². The van der Waals surface area contributed by atoms with E-state index in [1.54, 1.807) is 11.0 Å². The number of pyridine rings is 2. The van der Waals surface area contributed by atoms with Gasteiger partial charge < -0.3 is 19.7 Å². The van der Waals surface area contributed by atoms with Crippen molar-refractivity contribution in [1.29, 1.82) is 0 Å². The zero-order chi connectivity index (χ0) is 39.7. The Hall–Kier alpha value is -4.45. The summed E-state index contributed by atoms with van der Waals surface area (Å²) in [5, 5.41) is 6.44. The highest BCUT2D eigenvalue weighted by atomic mass is 35.5. The lowest BCUT2D eigenvalue weighted by molar-refractivity contribution is -0.190.